The zero-order valence-corrected chi connectivity index (χ0v) is 18.5. The summed E-state index contributed by atoms with van der Waals surface area (Å²) in [7, 11) is 0. The van der Waals surface area contributed by atoms with Crippen LogP contribution in [0.5, 0.6) is 11.5 Å². The zero-order valence-electron chi connectivity index (χ0n) is 17.7. The molecule has 2 amide bonds. The Morgan fingerprint density at radius 1 is 0.939 bits per heavy atom. The number of hydrogen-bond acceptors (Lipinski definition) is 3. The second-order valence-corrected chi connectivity index (χ2v) is 8.41. The largest absolute Gasteiger partial charge is 0.457 e. The molecule has 1 atom stereocenters. The molecule has 4 aromatic rings. The molecule has 0 radical (unpaired) electrons. The van der Waals surface area contributed by atoms with E-state index in [1.54, 1.807) is 35.2 Å². The van der Waals surface area contributed by atoms with Crippen molar-refractivity contribution < 1.29 is 14.3 Å². The smallest absolute Gasteiger partial charge is 0.229 e. The van der Waals surface area contributed by atoms with E-state index in [1.165, 1.54) is 0 Å². The van der Waals surface area contributed by atoms with E-state index in [1.807, 2.05) is 60.7 Å². The molecule has 33 heavy (non-hydrogen) atoms. The van der Waals surface area contributed by atoms with Crippen molar-refractivity contribution in [2.45, 2.75) is 6.42 Å². The molecule has 5 rings (SSSR count). The maximum Gasteiger partial charge on any atom is 0.229 e. The summed E-state index contributed by atoms with van der Waals surface area (Å²) < 4.78 is 6.06. The van der Waals surface area contributed by atoms with Crippen molar-refractivity contribution >= 4 is 45.6 Å². The van der Waals surface area contributed by atoms with Crippen molar-refractivity contribution in [1.29, 1.82) is 0 Å². The van der Waals surface area contributed by atoms with Gasteiger partial charge in [-0.3, -0.25) is 9.59 Å². The summed E-state index contributed by atoms with van der Waals surface area (Å²) in [5.41, 5.74) is 1.36. The predicted molar refractivity (Wildman–Crippen MR) is 131 cm³/mol. The van der Waals surface area contributed by atoms with E-state index in [9.17, 15) is 9.59 Å². The van der Waals surface area contributed by atoms with E-state index in [-0.39, 0.29) is 18.2 Å². The van der Waals surface area contributed by atoms with Gasteiger partial charge in [-0.15, -0.1) is 0 Å². The van der Waals surface area contributed by atoms with Crippen LogP contribution in [-0.2, 0) is 9.59 Å². The van der Waals surface area contributed by atoms with Gasteiger partial charge in [-0.1, -0.05) is 54.1 Å². The molecule has 0 unspecified atom stereocenters. The lowest BCUT2D eigenvalue weighted by molar-refractivity contribution is -0.122. The number of nitrogens with one attached hydrogen (secondary N) is 1. The molecule has 1 aliphatic heterocycles. The second kappa shape index (κ2) is 8.96. The normalized spacial score (nSPS) is 15.6. The lowest BCUT2D eigenvalue weighted by Gasteiger charge is -2.17. The molecule has 1 aliphatic rings. The fraction of sp³-hybridized carbons (Fsp3) is 0.111. The highest BCUT2D eigenvalue weighted by Gasteiger charge is 2.35. The van der Waals surface area contributed by atoms with Gasteiger partial charge in [0.05, 0.1) is 5.92 Å². The Hall–Kier alpha value is -3.83. The molecule has 0 aliphatic carbocycles. The van der Waals surface area contributed by atoms with Crippen LogP contribution in [0, 0.1) is 5.92 Å². The molecule has 0 saturated carbocycles. The summed E-state index contributed by atoms with van der Waals surface area (Å²) in [6.07, 6.45) is 0.167. The number of nitrogens with zero attached hydrogens (tertiary/aromatic N) is 1. The van der Waals surface area contributed by atoms with Crippen LogP contribution in [0.4, 0.5) is 11.4 Å². The standard InChI is InChI=1S/C27H21ClN2O3/c28-20-7-4-8-22(16-20)30-17-19(15-26(30)31)27(32)29-21-11-13-23(14-12-21)33-25-10-3-6-18-5-1-2-9-24(18)25/h1-14,16,19H,15,17H2,(H,29,32)/t19-/m1/s1. The molecule has 0 spiro atoms. The average Bonchev–Trinajstić information content (AvgIpc) is 3.22. The van der Waals surface area contributed by atoms with Crippen LogP contribution in [0.15, 0.2) is 91.0 Å². The molecule has 1 fully saturated rings. The molecule has 1 N–H and O–H groups in total. The highest BCUT2D eigenvalue weighted by atomic mass is 35.5. The highest BCUT2D eigenvalue weighted by molar-refractivity contribution is 6.31. The van der Waals surface area contributed by atoms with Gasteiger partial charge in [0.2, 0.25) is 11.8 Å². The number of carbonyl (C=O) groups excluding carboxylic acids is 2. The lowest BCUT2D eigenvalue weighted by Crippen LogP contribution is -2.28. The first kappa shape index (κ1) is 21.0. The fourth-order valence-electron chi connectivity index (χ4n) is 4.04. The van der Waals surface area contributed by atoms with E-state index in [4.69, 9.17) is 16.3 Å². The summed E-state index contributed by atoms with van der Waals surface area (Å²) in [6.45, 7) is 0.327. The van der Waals surface area contributed by atoms with Gasteiger partial charge in [-0.2, -0.15) is 0 Å². The van der Waals surface area contributed by atoms with Crippen molar-refractivity contribution in [3.63, 3.8) is 0 Å². The monoisotopic (exact) mass is 456 g/mol. The Morgan fingerprint density at radius 2 is 1.70 bits per heavy atom. The number of carbonyl (C=O) groups is 2. The first-order valence-corrected chi connectivity index (χ1v) is 11.1. The minimum atomic E-state index is -0.428. The molecule has 164 valence electrons. The predicted octanol–water partition coefficient (Wildman–Crippen LogP) is 6.28. The maximum absolute atomic E-state index is 12.8. The minimum Gasteiger partial charge on any atom is -0.457 e. The summed E-state index contributed by atoms with van der Waals surface area (Å²) in [5.74, 6) is 0.748. The van der Waals surface area contributed by atoms with Crippen molar-refractivity contribution in [3.05, 3.63) is 96.0 Å². The number of amides is 2. The van der Waals surface area contributed by atoms with Gasteiger partial charge >= 0.3 is 0 Å². The lowest BCUT2D eigenvalue weighted by atomic mass is 10.1. The number of benzene rings is 4. The topological polar surface area (TPSA) is 58.6 Å². The molecular weight excluding hydrogens is 436 g/mol. The Labute approximate surface area is 196 Å². The quantitative estimate of drug-likeness (QED) is 0.384. The molecule has 5 nitrogen and oxygen atoms in total. The molecule has 0 bridgehead atoms. The third kappa shape index (κ3) is 4.54. The number of rotatable bonds is 5. The van der Waals surface area contributed by atoms with Gasteiger partial charge in [-0.25, -0.2) is 0 Å². The van der Waals surface area contributed by atoms with Gasteiger partial charge < -0.3 is 15.0 Å². The average molecular weight is 457 g/mol. The van der Waals surface area contributed by atoms with Crippen LogP contribution < -0.4 is 15.0 Å². The Balaban J connectivity index is 1.24. The summed E-state index contributed by atoms with van der Waals surface area (Å²) in [6, 6.07) is 28.3. The Bertz CT molecular complexity index is 1330. The van der Waals surface area contributed by atoms with Gasteiger partial charge in [0.1, 0.15) is 11.5 Å². The van der Waals surface area contributed by atoms with E-state index >= 15 is 0 Å². The Morgan fingerprint density at radius 3 is 2.52 bits per heavy atom. The van der Waals surface area contributed by atoms with E-state index in [2.05, 4.69) is 5.32 Å². The maximum atomic E-state index is 12.8. The molecule has 0 aromatic heterocycles. The van der Waals surface area contributed by atoms with Crippen LogP contribution in [0.1, 0.15) is 6.42 Å². The van der Waals surface area contributed by atoms with Gasteiger partial charge in [0.15, 0.2) is 0 Å². The van der Waals surface area contributed by atoms with Crippen molar-refractivity contribution in [3.8, 4) is 11.5 Å². The zero-order chi connectivity index (χ0) is 22.8. The van der Waals surface area contributed by atoms with Crippen molar-refractivity contribution in [2.24, 2.45) is 5.92 Å². The van der Waals surface area contributed by atoms with Crippen LogP contribution in [0.25, 0.3) is 10.8 Å². The Kier molecular flexibility index (Phi) is 5.71. The first-order valence-electron chi connectivity index (χ1n) is 10.7. The first-order chi connectivity index (χ1) is 16.1. The minimum absolute atomic E-state index is 0.0868. The molecule has 4 aromatic carbocycles. The van der Waals surface area contributed by atoms with E-state index in [0.717, 1.165) is 16.5 Å². The van der Waals surface area contributed by atoms with Gasteiger partial charge in [-0.05, 0) is 53.9 Å². The van der Waals surface area contributed by atoms with Crippen LogP contribution >= 0.6 is 11.6 Å². The number of anilines is 2. The number of halogens is 1. The summed E-state index contributed by atoms with van der Waals surface area (Å²) >= 11 is 6.04. The second-order valence-electron chi connectivity index (χ2n) is 7.98. The van der Waals surface area contributed by atoms with Gasteiger partial charge in [0, 0.05) is 34.7 Å². The van der Waals surface area contributed by atoms with Crippen LogP contribution in [0.3, 0.4) is 0 Å². The van der Waals surface area contributed by atoms with E-state index < -0.39 is 5.92 Å². The summed E-state index contributed by atoms with van der Waals surface area (Å²) in [4.78, 5) is 26.8. The van der Waals surface area contributed by atoms with Crippen molar-refractivity contribution in [2.75, 3.05) is 16.8 Å². The van der Waals surface area contributed by atoms with Crippen LogP contribution in [-0.4, -0.2) is 18.4 Å². The third-order valence-electron chi connectivity index (χ3n) is 5.71. The van der Waals surface area contributed by atoms with E-state index in [0.29, 0.717) is 28.7 Å². The molecule has 6 heteroatoms. The third-order valence-corrected chi connectivity index (χ3v) is 5.95. The molecule has 1 heterocycles. The van der Waals surface area contributed by atoms with Crippen LogP contribution in [0.2, 0.25) is 5.02 Å². The van der Waals surface area contributed by atoms with Crippen molar-refractivity contribution in [1.82, 2.24) is 0 Å². The SMILES string of the molecule is O=C(Nc1ccc(Oc2cccc3ccccc23)cc1)[C@@H]1CC(=O)N(c2cccc(Cl)c2)C1. The highest BCUT2D eigenvalue weighted by Crippen LogP contribution is 2.31. The molecular formula is C27H21ClN2O3. The fourth-order valence-corrected chi connectivity index (χ4v) is 4.22. The molecule has 1 saturated heterocycles. The number of hydrogen-bond donors (Lipinski definition) is 1. The van der Waals surface area contributed by atoms with Gasteiger partial charge in [0.25, 0.3) is 0 Å². The number of ether oxygens (including phenoxy) is 1. The number of fused-ring (bicyclic) bond motifs is 1. The summed E-state index contributed by atoms with van der Waals surface area (Å²) in [5, 5.41) is 5.61.